The highest BCUT2D eigenvalue weighted by Crippen LogP contribution is 2.24. The summed E-state index contributed by atoms with van der Waals surface area (Å²) in [5, 5.41) is 8.97. The third-order valence-corrected chi connectivity index (χ3v) is 4.14. The predicted octanol–water partition coefficient (Wildman–Crippen LogP) is 2.66. The van der Waals surface area contributed by atoms with E-state index in [1.807, 2.05) is 24.3 Å². The van der Waals surface area contributed by atoms with Crippen molar-refractivity contribution in [2.75, 3.05) is 0 Å². The minimum Gasteiger partial charge on any atom is -0.411 e. The number of benzene rings is 1. The summed E-state index contributed by atoms with van der Waals surface area (Å²) in [6.45, 7) is 0. The van der Waals surface area contributed by atoms with Crippen molar-refractivity contribution in [3.63, 3.8) is 0 Å². The Labute approximate surface area is 140 Å². The first kappa shape index (κ1) is 14.6. The lowest BCUT2D eigenvalue weighted by molar-refractivity contribution is 0.465. The van der Waals surface area contributed by atoms with Gasteiger partial charge >= 0.3 is 0 Å². The van der Waals surface area contributed by atoms with E-state index in [9.17, 15) is 4.79 Å². The largest absolute Gasteiger partial charge is 0.411 e. The molecule has 0 amide bonds. The minimum atomic E-state index is -0.155. The molecule has 0 saturated carbocycles. The average molecular weight is 337 g/mol. The maximum Gasteiger partial charge on any atom is 0.277 e. The molecule has 1 N–H and O–H groups in total. The molecule has 7 nitrogen and oxygen atoms in total. The quantitative estimate of drug-likeness (QED) is 0.572. The number of pyridine rings is 1. The SMILES string of the molecule is O=c1[nH]c(CSc2nnc(-c3cccnc3)o2)nc2ccccc12. The van der Waals surface area contributed by atoms with Crippen molar-refractivity contribution in [1.82, 2.24) is 25.1 Å². The maximum atomic E-state index is 12.0. The van der Waals surface area contributed by atoms with Crippen LogP contribution in [-0.2, 0) is 5.75 Å². The van der Waals surface area contributed by atoms with Gasteiger partial charge in [-0.25, -0.2) is 4.98 Å². The van der Waals surface area contributed by atoms with Gasteiger partial charge in [-0.05, 0) is 24.3 Å². The number of aromatic nitrogens is 5. The molecule has 0 radical (unpaired) electrons. The van der Waals surface area contributed by atoms with Crippen LogP contribution in [-0.4, -0.2) is 25.1 Å². The van der Waals surface area contributed by atoms with Crippen molar-refractivity contribution in [3.05, 3.63) is 65.0 Å². The lowest BCUT2D eigenvalue weighted by Crippen LogP contribution is -2.11. The summed E-state index contributed by atoms with van der Waals surface area (Å²) in [4.78, 5) is 23.3. The molecule has 4 aromatic rings. The van der Waals surface area contributed by atoms with Crippen molar-refractivity contribution in [3.8, 4) is 11.5 Å². The van der Waals surface area contributed by atoms with Crippen molar-refractivity contribution in [2.45, 2.75) is 11.0 Å². The molecule has 8 heteroatoms. The van der Waals surface area contributed by atoms with E-state index >= 15 is 0 Å². The van der Waals surface area contributed by atoms with Crippen molar-refractivity contribution in [2.24, 2.45) is 0 Å². The van der Waals surface area contributed by atoms with E-state index in [2.05, 4.69) is 25.1 Å². The second kappa shape index (κ2) is 6.25. The molecule has 0 unspecified atom stereocenters. The summed E-state index contributed by atoms with van der Waals surface area (Å²) in [7, 11) is 0. The summed E-state index contributed by atoms with van der Waals surface area (Å²) in [5.74, 6) is 1.39. The van der Waals surface area contributed by atoms with E-state index in [1.165, 1.54) is 11.8 Å². The van der Waals surface area contributed by atoms with Crippen LogP contribution >= 0.6 is 11.8 Å². The zero-order chi connectivity index (χ0) is 16.4. The Balaban J connectivity index is 1.53. The molecule has 0 aliphatic carbocycles. The maximum absolute atomic E-state index is 12.0. The third kappa shape index (κ3) is 2.91. The monoisotopic (exact) mass is 337 g/mol. The van der Waals surface area contributed by atoms with Gasteiger partial charge in [-0.15, -0.1) is 10.2 Å². The molecular formula is C16H11N5O2S. The van der Waals surface area contributed by atoms with E-state index in [0.29, 0.717) is 33.6 Å². The fourth-order valence-corrected chi connectivity index (χ4v) is 2.84. The van der Waals surface area contributed by atoms with Crippen LogP contribution in [0, 0.1) is 0 Å². The number of aromatic amines is 1. The van der Waals surface area contributed by atoms with Crippen LogP contribution in [0.3, 0.4) is 0 Å². The Hall–Kier alpha value is -3.00. The van der Waals surface area contributed by atoms with Gasteiger partial charge < -0.3 is 9.40 Å². The van der Waals surface area contributed by atoms with Gasteiger partial charge in [0.1, 0.15) is 5.82 Å². The summed E-state index contributed by atoms with van der Waals surface area (Å²) >= 11 is 1.31. The molecule has 0 fully saturated rings. The van der Waals surface area contributed by atoms with Gasteiger partial charge in [0.2, 0.25) is 5.89 Å². The molecule has 3 heterocycles. The minimum absolute atomic E-state index is 0.155. The second-order valence-electron chi connectivity index (χ2n) is 4.93. The van der Waals surface area contributed by atoms with Crippen LogP contribution in [0.4, 0.5) is 0 Å². The van der Waals surface area contributed by atoms with Crippen LogP contribution in [0.2, 0.25) is 0 Å². The van der Waals surface area contributed by atoms with Crippen LogP contribution in [0.1, 0.15) is 5.82 Å². The molecule has 0 spiro atoms. The highest BCUT2D eigenvalue weighted by atomic mass is 32.2. The summed E-state index contributed by atoms with van der Waals surface area (Å²) in [6.07, 6.45) is 3.33. The van der Waals surface area contributed by atoms with Crippen LogP contribution in [0.15, 0.2) is 63.2 Å². The van der Waals surface area contributed by atoms with Gasteiger partial charge in [0.05, 0.1) is 22.2 Å². The van der Waals surface area contributed by atoms with Crippen molar-refractivity contribution < 1.29 is 4.42 Å². The van der Waals surface area contributed by atoms with Crippen LogP contribution in [0.5, 0.6) is 0 Å². The third-order valence-electron chi connectivity index (χ3n) is 3.31. The zero-order valence-electron chi connectivity index (χ0n) is 12.3. The molecule has 0 aliphatic rings. The lowest BCUT2D eigenvalue weighted by atomic mass is 10.2. The topological polar surface area (TPSA) is 97.6 Å². The molecular weight excluding hydrogens is 326 g/mol. The lowest BCUT2D eigenvalue weighted by Gasteiger charge is -2.00. The van der Waals surface area contributed by atoms with Crippen molar-refractivity contribution in [1.29, 1.82) is 0 Å². The fraction of sp³-hybridized carbons (Fsp3) is 0.0625. The number of hydrogen-bond acceptors (Lipinski definition) is 7. The van der Waals surface area contributed by atoms with Crippen LogP contribution in [0.25, 0.3) is 22.4 Å². The van der Waals surface area contributed by atoms with E-state index < -0.39 is 0 Å². The number of hydrogen-bond donors (Lipinski definition) is 1. The molecule has 1 aromatic carbocycles. The summed E-state index contributed by atoms with van der Waals surface area (Å²) < 4.78 is 5.59. The number of nitrogens with one attached hydrogen (secondary N) is 1. The molecule has 3 aromatic heterocycles. The van der Waals surface area contributed by atoms with E-state index in [1.54, 1.807) is 24.5 Å². The number of thioether (sulfide) groups is 1. The molecule has 0 aliphatic heterocycles. The van der Waals surface area contributed by atoms with Crippen LogP contribution < -0.4 is 5.56 Å². The predicted molar refractivity (Wildman–Crippen MR) is 89.5 cm³/mol. The Kier molecular flexibility index (Phi) is 3.80. The summed E-state index contributed by atoms with van der Waals surface area (Å²) in [5.41, 5.74) is 1.27. The highest BCUT2D eigenvalue weighted by molar-refractivity contribution is 7.98. The molecule has 0 bridgehead atoms. The smallest absolute Gasteiger partial charge is 0.277 e. The second-order valence-corrected chi connectivity index (χ2v) is 5.86. The number of fused-ring (bicyclic) bond motifs is 1. The average Bonchev–Trinajstić information content (AvgIpc) is 3.10. The molecule has 0 saturated heterocycles. The molecule has 118 valence electrons. The van der Waals surface area contributed by atoms with E-state index in [0.717, 1.165) is 5.56 Å². The molecule has 24 heavy (non-hydrogen) atoms. The first-order chi connectivity index (χ1) is 11.8. The Morgan fingerprint density at radius 1 is 1.12 bits per heavy atom. The first-order valence-electron chi connectivity index (χ1n) is 7.14. The van der Waals surface area contributed by atoms with E-state index in [-0.39, 0.29) is 5.56 Å². The number of rotatable bonds is 4. The van der Waals surface area contributed by atoms with Gasteiger partial charge in [-0.2, -0.15) is 0 Å². The first-order valence-corrected chi connectivity index (χ1v) is 8.13. The standard InChI is InChI=1S/C16H11N5O2S/c22-14-11-5-1-2-6-12(11)18-13(19-14)9-24-16-21-20-15(23-16)10-4-3-7-17-8-10/h1-8H,9H2,(H,18,19,22). The van der Waals surface area contributed by atoms with Gasteiger partial charge in [-0.1, -0.05) is 23.9 Å². The fourth-order valence-electron chi connectivity index (χ4n) is 2.21. The number of para-hydroxylation sites is 1. The normalized spacial score (nSPS) is 11.0. The number of nitrogens with zero attached hydrogens (tertiary/aromatic N) is 4. The summed E-state index contributed by atoms with van der Waals surface area (Å²) in [6, 6.07) is 10.9. The number of H-pyrrole nitrogens is 1. The van der Waals surface area contributed by atoms with E-state index in [4.69, 9.17) is 4.42 Å². The molecule has 0 atom stereocenters. The molecule has 4 rings (SSSR count). The Morgan fingerprint density at radius 2 is 2.04 bits per heavy atom. The van der Waals surface area contributed by atoms with Gasteiger partial charge in [0.25, 0.3) is 10.8 Å². The van der Waals surface area contributed by atoms with Crippen molar-refractivity contribution >= 4 is 22.7 Å². The zero-order valence-corrected chi connectivity index (χ0v) is 13.2. The van der Waals surface area contributed by atoms with Gasteiger partial charge in [0.15, 0.2) is 0 Å². The van der Waals surface area contributed by atoms with Gasteiger partial charge in [-0.3, -0.25) is 9.78 Å². The highest BCUT2D eigenvalue weighted by Gasteiger charge is 2.10. The Bertz CT molecular complexity index is 1040. The van der Waals surface area contributed by atoms with Gasteiger partial charge in [0, 0.05) is 12.4 Å². The Morgan fingerprint density at radius 3 is 2.92 bits per heavy atom.